The van der Waals surface area contributed by atoms with Crippen LogP contribution in [0.25, 0.3) is 0 Å². The molecular formula is C17H19NO2. The molecule has 2 aromatic carbocycles. The third kappa shape index (κ3) is 3.85. The second-order valence-electron chi connectivity index (χ2n) is 4.86. The van der Waals surface area contributed by atoms with Crippen molar-refractivity contribution in [3.63, 3.8) is 0 Å². The van der Waals surface area contributed by atoms with Gasteiger partial charge in [-0.1, -0.05) is 48.5 Å². The van der Waals surface area contributed by atoms with Gasteiger partial charge in [0.15, 0.2) is 0 Å². The summed E-state index contributed by atoms with van der Waals surface area (Å²) in [5.74, 6) is 0.336. The largest absolute Gasteiger partial charge is 0.508 e. The highest BCUT2D eigenvalue weighted by molar-refractivity contribution is 5.76. The van der Waals surface area contributed by atoms with Crippen LogP contribution < -0.4 is 0 Å². The maximum absolute atomic E-state index is 12.1. The molecule has 0 aliphatic rings. The molecule has 0 saturated heterocycles. The number of nitrogens with zero attached hydrogens (tertiary/aromatic N) is 1. The van der Waals surface area contributed by atoms with Crippen LogP contribution in [0.5, 0.6) is 5.75 Å². The lowest BCUT2D eigenvalue weighted by Crippen LogP contribution is -2.26. The first-order valence-corrected chi connectivity index (χ1v) is 6.71. The van der Waals surface area contributed by atoms with E-state index in [1.807, 2.05) is 42.5 Å². The SMILES string of the molecule is CN(Cc1ccccc1)C(=O)CCc1ccccc1O. The van der Waals surface area contributed by atoms with Gasteiger partial charge in [-0.15, -0.1) is 0 Å². The van der Waals surface area contributed by atoms with E-state index in [1.165, 1.54) is 0 Å². The van der Waals surface area contributed by atoms with Crippen LogP contribution in [0, 0.1) is 0 Å². The molecule has 104 valence electrons. The molecule has 0 bridgehead atoms. The molecule has 1 N–H and O–H groups in total. The first-order chi connectivity index (χ1) is 9.66. The Morgan fingerprint density at radius 3 is 2.40 bits per heavy atom. The highest BCUT2D eigenvalue weighted by Crippen LogP contribution is 2.17. The van der Waals surface area contributed by atoms with E-state index in [2.05, 4.69) is 0 Å². The molecule has 0 heterocycles. The third-order valence-electron chi connectivity index (χ3n) is 3.29. The minimum absolute atomic E-state index is 0.0807. The van der Waals surface area contributed by atoms with Crippen molar-refractivity contribution in [3.8, 4) is 5.75 Å². The normalized spacial score (nSPS) is 10.2. The predicted octanol–water partition coefficient (Wildman–Crippen LogP) is 2.98. The number of carbonyl (C=O) groups excluding carboxylic acids is 1. The van der Waals surface area contributed by atoms with Crippen LogP contribution >= 0.6 is 0 Å². The summed E-state index contributed by atoms with van der Waals surface area (Å²) < 4.78 is 0. The first-order valence-electron chi connectivity index (χ1n) is 6.71. The fourth-order valence-electron chi connectivity index (χ4n) is 2.10. The summed E-state index contributed by atoms with van der Waals surface area (Å²) in [6.45, 7) is 0.612. The summed E-state index contributed by atoms with van der Waals surface area (Å²) in [6.07, 6.45) is 0.964. The molecule has 0 saturated carbocycles. The van der Waals surface area contributed by atoms with Crippen molar-refractivity contribution in [3.05, 3.63) is 65.7 Å². The lowest BCUT2D eigenvalue weighted by Gasteiger charge is -2.17. The molecule has 20 heavy (non-hydrogen) atoms. The van der Waals surface area contributed by atoms with Gasteiger partial charge in [0.05, 0.1) is 0 Å². The molecule has 3 heteroatoms. The van der Waals surface area contributed by atoms with E-state index in [1.54, 1.807) is 24.1 Å². The van der Waals surface area contributed by atoms with Crippen molar-refractivity contribution < 1.29 is 9.90 Å². The van der Waals surface area contributed by atoms with Crippen LogP contribution in [-0.4, -0.2) is 23.0 Å². The van der Waals surface area contributed by atoms with Crippen LogP contribution in [0.4, 0.5) is 0 Å². The number of rotatable bonds is 5. The Kier molecular flexibility index (Phi) is 4.77. The molecule has 2 rings (SSSR count). The van der Waals surface area contributed by atoms with Crippen molar-refractivity contribution in [1.82, 2.24) is 4.90 Å². The van der Waals surface area contributed by atoms with Crippen LogP contribution in [-0.2, 0) is 17.8 Å². The minimum Gasteiger partial charge on any atom is -0.508 e. The molecule has 0 radical (unpaired) electrons. The van der Waals surface area contributed by atoms with Crippen LogP contribution in [0.1, 0.15) is 17.5 Å². The van der Waals surface area contributed by atoms with E-state index < -0.39 is 0 Å². The Balaban J connectivity index is 1.87. The quantitative estimate of drug-likeness (QED) is 0.906. The number of hydrogen-bond acceptors (Lipinski definition) is 2. The van der Waals surface area contributed by atoms with E-state index in [0.29, 0.717) is 19.4 Å². The number of benzene rings is 2. The molecule has 0 aromatic heterocycles. The van der Waals surface area contributed by atoms with Crippen LogP contribution in [0.3, 0.4) is 0 Å². The number of amides is 1. The second-order valence-corrected chi connectivity index (χ2v) is 4.86. The fourth-order valence-corrected chi connectivity index (χ4v) is 2.10. The Morgan fingerprint density at radius 2 is 1.70 bits per heavy atom. The predicted molar refractivity (Wildman–Crippen MR) is 79.3 cm³/mol. The Morgan fingerprint density at radius 1 is 1.05 bits per heavy atom. The lowest BCUT2D eigenvalue weighted by atomic mass is 10.1. The Bertz CT molecular complexity index is 566. The summed E-state index contributed by atoms with van der Waals surface area (Å²) in [4.78, 5) is 13.8. The average Bonchev–Trinajstić information content (AvgIpc) is 2.47. The number of hydrogen-bond donors (Lipinski definition) is 1. The molecule has 0 spiro atoms. The Hall–Kier alpha value is -2.29. The molecule has 0 aliphatic carbocycles. The van der Waals surface area contributed by atoms with E-state index in [0.717, 1.165) is 11.1 Å². The number of phenolic OH excluding ortho intramolecular Hbond substituents is 1. The standard InChI is InChI=1S/C17H19NO2/c1-18(13-14-7-3-2-4-8-14)17(20)12-11-15-9-5-6-10-16(15)19/h2-10,19H,11-13H2,1H3. The third-order valence-corrected chi connectivity index (χ3v) is 3.29. The van der Waals surface area contributed by atoms with E-state index in [9.17, 15) is 9.90 Å². The maximum atomic E-state index is 12.1. The molecular weight excluding hydrogens is 250 g/mol. The monoisotopic (exact) mass is 269 g/mol. The van der Waals surface area contributed by atoms with Gasteiger partial charge < -0.3 is 10.0 Å². The summed E-state index contributed by atoms with van der Waals surface area (Å²) in [5.41, 5.74) is 1.93. The second kappa shape index (κ2) is 6.75. The van der Waals surface area contributed by atoms with Gasteiger partial charge in [0.2, 0.25) is 5.91 Å². The highest BCUT2D eigenvalue weighted by atomic mass is 16.3. The number of para-hydroxylation sites is 1. The van der Waals surface area contributed by atoms with Crippen molar-refractivity contribution in [2.24, 2.45) is 0 Å². The van der Waals surface area contributed by atoms with E-state index in [-0.39, 0.29) is 11.7 Å². The lowest BCUT2D eigenvalue weighted by molar-refractivity contribution is -0.130. The van der Waals surface area contributed by atoms with Crippen LogP contribution in [0.15, 0.2) is 54.6 Å². The van der Waals surface area contributed by atoms with Crippen LogP contribution in [0.2, 0.25) is 0 Å². The summed E-state index contributed by atoms with van der Waals surface area (Å²) in [6, 6.07) is 17.1. The van der Waals surface area contributed by atoms with Gasteiger partial charge in [-0.3, -0.25) is 4.79 Å². The molecule has 0 aliphatic heterocycles. The van der Waals surface area contributed by atoms with Gasteiger partial charge in [0.1, 0.15) is 5.75 Å². The van der Waals surface area contributed by atoms with Crippen molar-refractivity contribution in [1.29, 1.82) is 0 Å². The summed E-state index contributed by atoms with van der Waals surface area (Å²) in [7, 11) is 1.81. The molecule has 0 unspecified atom stereocenters. The van der Waals surface area contributed by atoms with Crippen molar-refractivity contribution in [2.75, 3.05) is 7.05 Å². The smallest absolute Gasteiger partial charge is 0.222 e. The number of aryl methyl sites for hydroxylation is 1. The van der Waals surface area contributed by atoms with E-state index in [4.69, 9.17) is 0 Å². The van der Waals surface area contributed by atoms with Gasteiger partial charge in [-0.25, -0.2) is 0 Å². The molecule has 2 aromatic rings. The number of phenols is 1. The zero-order chi connectivity index (χ0) is 14.4. The minimum atomic E-state index is 0.0807. The Labute approximate surface area is 119 Å². The zero-order valence-electron chi connectivity index (χ0n) is 11.6. The average molecular weight is 269 g/mol. The summed E-state index contributed by atoms with van der Waals surface area (Å²) in [5, 5.41) is 9.67. The maximum Gasteiger partial charge on any atom is 0.222 e. The van der Waals surface area contributed by atoms with Crippen molar-refractivity contribution >= 4 is 5.91 Å². The van der Waals surface area contributed by atoms with Gasteiger partial charge in [-0.2, -0.15) is 0 Å². The highest BCUT2D eigenvalue weighted by Gasteiger charge is 2.10. The molecule has 0 fully saturated rings. The number of carbonyl (C=O) groups is 1. The van der Waals surface area contributed by atoms with Crippen molar-refractivity contribution in [2.45, 2.75) is 19.4 Å². The molecule has 1 amide bonds. The number of aromatic hydroxyl groups is 1. The topological polar surface area (TPSA) is 40.5 Å². The van der Waals surface area contributed by atoms with Gasteiger partial charge >= 0.3 is 0 Å². The summed E-state index contributed by atoms with van der Waals surface area (Å²) >= 11 is 0. The first kappa shape index (κ1) is 14.1. The van der Waals surface area contributed by atoms with Gasteiger partial charge in [-0.05, 0) is 23.6 Å². The van der Waals surface area contributed by atoms with Gasteiger partial charge in [0.25, 0.3) is 0 Å². The van der Waals surface area contributed by atoms with E-state index >= 15 is 0 Å². The molecule has 3 nitrogen and oxygen atoms in total. The fraction of sp³-hybridized carbons (Fsp3) is 0.235. The zero-order valence-corrected chi connectivity index (χ0v) is 11.6. The molecule has 0 atom stereocenters. The van der Waals surface area contributed by atoms with Gasteiger partial charge in [0, 0.05) is 20.0 Å².